The van der Waals surface area contributed by atoms with E-state index < -0.39 is 6.04 Å². The summed E-state index contributed by atoms with van der Waals surface area (Å²) in [6.07, 6.45) is 1.97. The summed E-state index contributed by atoms with van der Waals surface area (Å²) in [7, 11) is 0. The van der Waals surface area contributed by atoms with E-state index in [-0.39, 0.29) is 18.4 Å². The summed E-state index contributed by atoms with van der Waals surface area (Å²) in [6.45, 7) is 5.82. The number of aryl methyl sites for hydroxylation is 2. The molecule has 3 aromatic carbocycles. The number of benzene rings is 3. The van der Waals surface area contributed by atoms with Crippen LogP contribution in [0, 0.1) is 13.8 Å². The molecule has 3 aromatic rings. The van der Waals surface area contributed by atoms with Crippen molar-refractivity contribution in [1.29, 1.82) is 0 Å². The Balaban J connectivity index is 1.83. The molecule has 0 spiro atoms. The highest BCUT2D eigenvalue weighted by molar-refractivity contribution is 6.30. The molecular formula is C27H25ClN2O2. The molecule has 4 nitrogen and oxygen atoms in total. The second kappa shape index (κ2) is 9.01. The first kappa shape index (κ1) is 21.8. The lowest BCUT2D eigenvalue weighted by Crippen LogP contribution is -2.61. The molecule has 0 saturated carbocycles. The Morgan fingerprint density at radius 2 is 1.53 bits per heavy atom. The van der Waals surface area contributed by atoms with Gasteiger partial charge in [0, 0.05) is 10.7 Å². The van der Waals surface area contributed by atoms with Gasteiger partial charge in [-0.3, -0.25) is 14.5 Å². The van der Waals surface area contributed by atoms with E-state index in [1.807, 2.05) is 75.4 Å². The van der Waals surface area contributed by atoms with Gasteiger partial charge in [0.15, 0.2) is 0 Å². The number of halogens is 1. The molecule has 2 amide bonds. The highest BCUT2D eigenvalue weighted by atomic mass is 35.5. The average Bonchev–Trinajstić information content (AvgIpc) is 2.77. The van der Waals surface area contributed by atoms with Crippen LogP contribution in [0.15, 0.2) is 78.4 Å². The van der Waals surface area contributed by atoms with Gasteiger partial charge in [0.05, 0.1) is 5.69 Å². The molecule has 1 heterocycles. The fourth-order valence-corrected chi connectivity index (χ4v) is 4.42. The Labute approximate surface area is 193 Å². The van der Waals surface area contributed by atoms with Crippen LogP contribution >= 0.6 is 11.6 Å². The molecule has 4 rings (SSSR count). The summed E-state index contributed by atoms with van der Waals surface area (Å²) in [5.74, 6) is -0.262. The summed E-state index contributed by atoms with van der Waals surface area (Å²) in [5, 5.41) is 0.579. The molecule has 1 aliphatic heterocycles. The van der Waals surface area contributed by atoms with E-state index in [1.54, 1.807) is 34.1 Å². The van der Waals surface area contributed by atoms with E-state index in [2.05, 4.69) is 0 Å². The van der Waals surface area contributed by atoms with E-state index >= 15 is 0 Å². The molecule has 0 radical (unpaired) electrons. The molecule has 0 bridgehead atoms. The Morgan fingerprint density at radius 1 is 0.906 bits per heavy atom. The first-order valence-electron chi connectivity index (χ1n) is 10.6. The third-order valence-corrected chi connectivity index (χ3v) is 6.01. The summed E-state index contributed by atoms with van der Waals surface area (Å²) >= 11 is 6.07. The predicted molar refractivity (Wildman–Crippen MR) is 131 cm³/mol. The van der Waals surface area contributed by atoms with Crippen LogP contribution in [0.25, 0.3) is 6.08 Å². The van der Waals surface area contributed by atoms with Crippen molar-refractivity contribution in [2.45, 2.75) is 26.8 Å². The van der Waals surface area contributed by atoms with Crippen molar-refractivity contribution in [3.05, 3.63) is 100 Å². The number of hydrogen-bond acceptors (Lipinski definition) is 2. The van der Waals surface area contributed by atoms with Crippen molar-refractivity contribution in [1.82, 2.24) is 0 Å². The smallest absolute Gasteiger partial charge is 0.254 e. The number of hydrogen-bond donors (Lipinski definition) is 0. The number of carbonyl (C=O) groups is 2. The monoisotopic (exact) mass is 444 g/mol. The Kier molecular flexibility index (Phi) is 6.15. The highest BCUT2D eigenvalue weighted by Gasteiger charge is 2.42. The maximum absolute atomic E-state index is 13.9. The van der Waals surface area contributed by atoms with Crippen LogP contribution in [-0.4, -0.2) is 24.4 Å². The Morgan fingerprint density at radius 3 is 2.16 bits per heavy atom. The minimum atomic E-state index is -0.753. The lowest BCUT2D eigenvalue weighted by atomic mass is 9.97. The van der Waals surface area contributed by atoms with Crippen molar-refractivity contribution >= 4 is 40.9 Å². The minimum absolute atomic E-state index is 0.0116. The molecule has 5 heteroatoms. The number of rotatable bonds is 4. The lowest BCUT2D eigenvalue weighted by molar-refractivity contribution is -0.127. The molecule has 1 saturated heterocycles. The lowest BCUT2D eigenvalue weighted by Gasteiger charge is -2.41. The molecule has 0 N–H and O–H groups in total. The first-order valence-corrected chi connectivity index (χ1v) is 10.9. The maximum atomic E-state index is 13.9. The standard InChI is InChI=1S/C27H25ClN2O2/c1-18-8-7-9-19(2)25(18)29-17-24(31)30(23-14-12-22(28)13-15-23)26(27(29)32)20(3)16-21-10-5-4-6-11-21/h4-16,26H,17H2,1-3H3. The topological polar surface area (TPSA) is 40.6 Å². The van der Waals surface area contributed by atoms with Crippen LogP contribution < -0.4 is 9.80 Å². The average molecular weight is 445 g/mol. The minimum Gasteiger partial charge on any atom is -0.300 e. The maximum Gasteiger partial charge on any atom is 0.254 e. The van der Waals surface area contributed by atoms with E-state index in [1.165, 1.54) is 0 Å². The summed E-state index contributed by atoms with van der Waals surface area (Å²) in [5.41, 5.74) is 5.16. The SMILES string of the molecule is CC(=Cc1ccccc1)C1C(=O)N(c2c(C)cccc2C)CC(=O)N1c1ccc(Cl)cc1. The zero-order chi connectivity index (χ0) is 22.8. The van der Waals surface area contributed by atoms with Crippen molar-refractivity contribution in [2.24, 2.45) is 0 Å². The van der Waals surface area contributed by atoms with Crippen molar-refractivity contribution in [2.75, 3.05) is 16.3 Å². The zero-order valence-electron chi connectivity index (χ0n) is 18.4. The number of nitrogens with zero attached hydrogens (tertiary/aromatic N) is 2. The molecule has 0 aliphatic carbocycles. The van der Waals surface area contributed by atoms with Crippen LogP contribution in [0.1, 0.15) is 23.6 Å². The number of carbonyl (C=O) groups excluding carboxylic acids is 2. The molecule has 1 atom stereocenters. The number of amides is 2. The zero-order valence-corrected chi connectivity index (χ0v) is 19.1. The Bertz CT molecular complexity index is 1170. The molecule has 1 fully saturated rings. The van der Waals surface area contributed by atoms with Gasteiger partial charge in [0.1, 0.15) is 12.6 Å². The Hall–Kier alpha value is -3.37. The van der Waals surface area contributed by atoms with Crippen molar-refractivity contribution in [3.63, 3.8) is 0 Å². The van der Waals surface area contributed by atoms with Gasteiger partial charge in [-0.1, -0.05) is 66.2 Å². The second-order valence-electron chi connectivity index (χ2n) is 8.11. The highest BCUT2D eigenvalue weighted by Crippen LogP contribution is 2.33. The molecule has 32 heavy (non-hydrogen) atoms. The summed E-state index contributed by atoms with van der Waals surface area (Å²) in [6, 6.07) is 22.0. The largest absolute Gasteiger partial charge is 0.300 e. The van der Waals surface area contributed by atoms with Gasteiger partial charge in [0.25, 0.3) is 5.91 Å². The van der Waals surface area contributed by atoms with E-state index in [0.29, 0.717) is 10.7 Å². The predicted octanol–water partition coefficient (Wildman–Crippen LogP) is 5.81. The van der Waals surface area contributed by atoms with Crippen LogP contribution in [0.2, 0.25) is 5.02 Å². The normalized spacial score (nSPS) is 17.1. The fraction of sp³-hybridized carbons (Fsp3) is 0.185. The van der Waals surface area contributed by atoms with Gasteiger partial charge >= 0.3 is 0 Å². The third kappa shape index (κ3) is 4.19. The molecule has 162 valence electrons. The summed E-state index contributed by atoms with van der Waals surface area (Å²) in [4.78, 5) is 30.6. The molecule has 1 unspecified atom stereocenters. The number of para-hydroxylation sites is 1. The third-order valence-electron chi connectivity index (χ3n) is 5.76. The molecule has 0 aromatic heterocycles. The summed E-state index contributed by atoms with van der Waals surface area (Å²) < 4.78 is 0. The van der Waals surface area contributed by atoms with E-state index in [0.717, 1.165) is 28.0 Å². The fourth-order valence-electron chi connectivity index (χ4n) is 4.30. The van der Waals surface area contributed by atoms with Crippen LogP contribution in [0.5, 0.6) is 0 Å². The molecular weight excluding hydrogens is 420 g/mol. The van der Waals surface area contributed by atoms with Gasteiger partial charge in [-0.25, -0.2) is 0 Å². The number of anilines is 2. The van der Waals surface area contributed by atoms with Gasteiger partial charge in [0.2, 0.25) is 5.91 Å². The van der Waals surface area contributed by atoms with Gasteiger partial charge in [-0.2, -0.15) is 0 Å². The van der Waals surface area contributed by atoms with Crippen molar-refractivity contribution < 1.29 is 9.59 Å². The van der Waals surface area contributed by atoms with Crippen LogP contribution in [-0.2, 0) is 9.59 Å². The van der Waals surface area contributed by atoms with Crippen LogP contribution in [0.4, 0.5) is 11.4 Å². The first-order chi connectivity index (χ1) is 15.4. The van der Waals surface area contributed by atoms with E-state index in [9.17, 15) is 9.59 Å². The second-order valence-corrected chi connectivity index (χ2v) is 8.54. The number of piperazine rings is 1. The van der Waals surface area contributed by atoms with Gasteiger partial charge in [-0.15, -0.1) is 0 Å². The van der Waals surface area contributed by atoms with Gasteiger partial charge in [-0.05, 0) is 67.3 Å². The quantitative estimate of drug-likeness (QED) is 0.509. The van der Waals surface area contributed by atoms with Crippen molar-refractivity contribution in [3.8, 4) is 0 Å². The molecule has 1 aliphatic rings. The van der Waals surface area contributed by atoms with Gasteiger partial charge < -0.3 is 4.90 Å². The van der Waals surface area contributed by atoms with E-state index in [4.69, 9.17) is 11.6 Å². The van der Waals surface area contributed by atoms with Crippen LogP contribution in [0.3, 0.4) is 0 Å².